The first kappa shape index (κ1) is 19.9. The summed E-state index contributed by atoms with van der Waals surface area (Å²) in [5.41, 5.74) is 2.35. The highest BCUT2D eigenvalue weighted by atomic mass is 32.2. The molecule has 0 spiro atoms. The van der Waals surface area contributed by atoms with Crippen molar-refractivity contribution < 1.29 is 13.2 Å². The topological polar surface area (TPSA) is 127 Å². The van der Waals surface area contributed by atoms with Crippen molar-refractivity contribution in [2.45, 2.75) is 30.2 Å². The number of carbonyl (C=O) groups excluding carboxylic acids is 1. The molecule has 2 aromatic heterocycles. The number of hydrogen-bond acceptors (Lipinski definition) is 8. The molecule has 4 rings (SSSR count). The van der Waals surface area contributed by atoms with Crippen LogP contribution in [0.25, 0.3) is 0 Å². The Labute approximate surface area is 173 Å². The summed E-state index contributed by atoms with van der Waals surface area (Å²) >= 11 is 0. The van der Waals surface area contributed by atoms with E-state index in [4.69, 9.17) is 0 Å². The predicted molar refractivity (Wildman–Crippen MR) is 110 cm³/mol. The van der Waals surface area contributed by atoms with Crippen molar-refractivity contribution >= 4 is 27.2 Å². The molecule has 0 bridgehead atoms. The minimum absolute atomic E-state index is 0.191. The molecule has 2 heterocycles. The van der Waals surface area contributed by atoms with Gasteiger partial charge in [-0.2, -0.15) is 0 Å². The van der Waals surface area contributed by atoms with Gasteiger partial charge in [0.05, 0.1) is 34.9 Å². The predicted octanol–water partition coefficient (Wildman–Crippen LogP) is 2.22. The van der Waals surface area contributed by atoms with Gasteiger partial charge in [0.15, 0.2) is 21.3 Å². The molecule has 154 valence electrons. The number of nitrogens with zero attached hydrogens (tertiary/aromatic N) is 4. The molecule has 2 N–H and O–H groups in total. The third-order valence-electron chi connectivity index (χ3n) is 4.63. The second-order valence-electron chi connectivity index (χ2n) is 7.12. The Morgan fingerprint density at radius 2 is 1.80 bits per heavy atom. The summed E-state index contributed by atoms with van der Waals surface area (Å²) < 4.78 is 23.1. The van der Waals surface area contributed by atoms with Gasteiger partial charge in [-0.15, -0.1) is 0 Å². The molecule has 0 atom stereocenters. The SMILES string of the molecule is CS(=O)(=O)c1ccc(CNC(=O)c2nc(C3CC3)cnc2Nc2cncnc2)cc1. The lowest BCUT2D eigenvalue weighted by Crippen LogP contribution is -2.25. The van der Waals surface area contributed by atoms with Crippen LogP contribution in [0.1, 0.15) is 40.5 Å². The minimum atomic E-state index is -3.26. The fraction of sp³-hybridized carbons (Fsp3) is 0.250. The highest BCUT2D eigenvalue weighted by Gasteiger charge is 2.27. The van der Waals surface area contributed by atoms with Gasteiger partial charge in [-0.25, -0.2) is 28.4 Å². The Bertz CT molecular complexity index is 1160. The molecule has 0 aliphatic heterocycles. The minimum Gasteiger partial charge on any atom is -0.347 e. The lowest BCUT2D eigenvalue weighted by atomic mass is 10.2. The van der Waals surface area contributed by atoms with Gasteiger partial charge in [-0.1, -0.05) is 12.1 Å². The van der Waals surface area contributed by atoms with Crippen LogP contribution in [-0.2, 0) is 16.4 Å². The standard InChI is InChI=1S/C20H20N6O3S/c1-30(28,29)16-6-2-13(3-7-16)8-24-20(27)18-19(25-15-9-21-12-22-10-15)23-11-17(26-18)14-4-5-14/h2-3,6-7,9-12,14H,4-5,8H2,1H3,(H,23,25)(H,24,27). The maximum absolute atomic E-state index is 12.9. The van der Waals surface area contributed by atoms with E-state index < -0.39 is 9.84 Å². The molecular weight excluding hydrogens is 404 g/mol. The summed E-state index contributed by atoms with van der Waals surface area (Å²) in [6.45, 7) is 0.228. The Morgan fingerprint density at radius 3 is 2.43 bits per heavy atom. The number of amides is 1. The molecule has 1 fully saturated rings. The number of nitrogens with one attached hydrogen (secondary N) is 2. The van der Waals surface area contributed by atoms with Gasteiger partial charge in [-0.3, -0.25) is 4.79 Å². The maximum Gasteiger partial charge on any atom is 0.274 e. The van der Waals surface area contributed by atoms with Crippen LogP contribution >= 0.6 is 0 Å². The average Bonchev–Trinajstić information content (AvgIpc) is 3.58. The Morgan fingerprint density at radius 1 is 1.10 bits per heavy atom. The van der Waals surface area contributed by atoms with Gasteiger partial charge in [0.1, 0.15) is 6.33 Å². The van der Waals surface area contributed by atoms with Crippen LogP contribution in [-0.4, -0.2) is 40.5 Å². The van der Waals surface area contributed by atoms with Gasteiger partial charge >= 0.3 is 0 Å². The number of hydrogen-bond donors (Lipinski definition) is 2. The van der Waals surface area contributed by atoms with E-state index in [2.05, 4.69) is 30.6 Å². The van der Waals surface area contributed by atoms with Crippen molar-refractivity contribution in [3.63, 3.8) is 0 Å². The highest BCUT2D eigenvalue weighted by molar-refractivity contribution is 7.90. The van der Waals surface area contributed by atoms with Crippen molar-refractivity contribution in [3.05, 3.63) is 66.1 Å². The monoisotopic (exact) mass is 424 g/mol. The molecule has 1 amide bonds. The zero-order valence-electron chi connectivity index (χ0n) is 16.2. The third kappa shape index (κ3) is 4.77. The van der Waals surface area contributed by atoms with Crippen LogP contribution < -0.4 is 10.6 Å². The van der Waals surface area contributed by atoms with E-state index in [1.807, 2.05) is 0 Å². The van der Waals surface area contributed by atoms with E-state index in [1.165, 1.54) is 18.5 Å². The van der Waals surface area contributed by atoms with Gasteiger partial charge in [0.2, 0.25) is 0 Å². The molecule has 0 saturated heterocycles. The van der Waals surface area contributed by atoms with Crippen molar-refractivity contribution in [2.24, 2.45) is 0 Å². The number of benzene rings is 1. The molecule has 3 aromatic rings. The normalized spacial score (nSPS) is 13.6. The lowest BCUT2D eigenvalue weighted by Gasteiger charge is -2.12. The first-order valence-corrected chi connectivity index (χ1v) is 11.3. The van der Waals surface area contributed by atoms with Crippen LogP contribution in [0, 0.1) is 0 Å². The Kier molecular flexibility index (Phi) is 5.40. The van der Waals surface area contributed by atoms with E-state index in [0.717, 1.165) is 30.4 Å². The first-order chi connectivity index (χ1) is 14.4. The van der Waals surface area contributed by atoms with Gasteiger partial charge in [-0.05, 0) is 30.5 Å². The average molecular weight is 424 g/mol. The third-order valence-corrected chi connectivity index (χ3v) is 5.76. The van der Waals surface area contributed by atoms with E-state index in [0.29, 0.717) is 17.4 Å². The Hall–Kier alpha value is -3.40. The first-order valence-electron chi connectivity index (χ1n) is 9.36. The van der Waals surface area contributed by atoms with E-state index >= 15 is 0 Å². The number of carbonyl (C=O) groups is 1. The summed E-state index contributed by atoms with van der Waals surface area (Å²) in [6, 6.07) is 6.38. The molecule has 0 radical (unpaired) electrons. The zero-order valence-corrected chi connectivity index (χ0v) is 17.1. The smallest absolute Gasteiger partial charge is 0.274 e. The van der Waals surface area contributed by atoms with Crippen LogP contribution in [0.3, 0.4) is 0 Å². The molecule has 0 unspecified atom stereocenters. The molecule has 1 aliphatic rings. The largest absolute Gasteiger partial charge is 0.347 e. The number of anilines is 2. The van der Waals surface area contributed by atoms with Crippen molar-refractivity contribution in [3.8, 4) is 0 Å². The van der Waals surface area contributed by atoms with Gasteiger partial charge in [0, 0.05) is 18.7 Å². The summed E-state index contributed by atoms with van der Waals surface area (Å²) in [4.78, 5) is 29.9. The zero-order chi connectivity index (χ0) is 21.1. The van der Waals surface area contributed by atoms with Crippen LogP contribution in [0.15, 0.2) is 54.1 Å². The van der Waals surface area contributed by atoms with Crippen LogP contribution in [0.4, 0.5) is 11.5 Å². The summed E-state index contributed by atoms with van der Waals surface area (Å²) in [5, 5.41) is 5.86. The summed E-state index contributed by atoms with van der Waals surface area (Å²) in [5.74, 6) is 0.289. The van der Waals surface area contributed by atoms with Gasteiger partial charge in [0.25, 0.3) is 5.91 Å². The van der Waals surface area contributed by atoms with E-state index in [-0.39, 0.29) is 23.0 Å². The summed E-state index contributed by atoms with van der Waals surface area (Å²) in [6.07, 6.45) is 9.49. The van der Waals surface area contributed by atoms with E-state index in [1.54, 1.807) is 30.7 Å². The molecule has 1 aliphatic carbocycles. The fourth-order valence-corrected chi connectivity index (χ4v) is 3.48. The second kappa shape index (κ2) is 8.15. The molecular formula is C20H20N6O3S. The lowest BCUT2D eigenvalue weighted by molar-refractivity contribution is 0.0946. The summed E-state index contributed by atoms with van der Waals surface area (Å²) in [7, 11) is -3.26. The molecule has 10 heteroatoms. The van der Waals surface area contributed by atoms with E-state index in [9.17, 15) is 13.2 Å². The highest BCUT2D eigenvalue weighted by Crippen LogP contribution is 2.39. The van der Waals surface area contributed by atoms with Crippen molar-refractivity contribution in [2.75, 3.05) is 11.6 Å². The molecule has 1 saturated carbocycles. The maximum atomic E-state index is 12.9. The van der Waals surface area contributed by atoms with Crippen LogP contribution in [0.5, 0.6) is 0 Å². The number of sulfone groups is 1. The fourth-order valence-electron chi connectivity index (χ4n) is 2.85. The number of rotatable bonds is 7. The van der Waals surface area contributed by atoms with Crippen LogP contribution in [0.2, 0.25) is 0 Å². The van der Waals surface area contributed by atoms with Crippen molar-refractivity contribution in [1.29, 1.82) is 0 Å². The van der Waals surface area contributed by atoms with Gasteiger partial charge < -0.3 is 10.6 Å². The second-order valence-corrected chi connectivity index (χ2v) is 9.13. The van der Waals surface area contributed by atoms with Crippen molar-refractivity contribution in [1.82, 2.24) is 25.3 Å². The quantitative estimate of drug-likeness (QED) is 0.591. The molecule has 30 heavy (non-hydrogen) atoms. The molecule has 1 aromatic carbocycles. The Balaban J connectivity index is 1.52. The molecule has 9 nitrogen and oxygen atoms in total. The number of aromatic nitrogens is 4.